The molecule has 1 heterocycles. The van der Waals surface area contributed by atoms with Crippen LogP contribution in [0.15, 0.2) is 54.6 Å². The summed E-state index contributed by atoms with van der Waals surface area (Å²) in [5, 5.41) is 2.99. The van der Waals surface area contributed by atoms with E-state index in [9.17, 15) is 4.79 Å². The van der Waals surface area contributed by atoms with Crippen LogP contribution < -0.4 is 11.1 Å². The maximum atomic E-state index is 12.3. The summed E-state index contributed by atoms with van der Waals surface area (Å²) in [4.78, 5) is 14.8. The Labute approximate surface area is 162 Å². The van der Waals surface area contributed by atoms with Crippen molar-refractivity contribution in [1.82, 2.24) is 4.90 Å². The monoisotopic (exact) mass is 373 g/mol. The standard InChI is InChI=1S/C21H27N3O.ClH/c1-16(24-12-11-21(2,14-22)15-24)18-9-6-10-19(13-18)23-20(25)17-7-4-3-5-8-17;/h3-10,13,16H,11-12,14-15,22H2,1-2H3,(H,23,25);1H. The predicted octanol–water partition coefficient (Wildman–Crippen LogP) is 4.09. The highest BCUT2D eigenvalue weighted by molar-refractivity contribution is 6.04. The molecular formula is C21H28ClN3O. The smallest absolute Gasteiger partial charge is 0.255 e. The zero-order chi connectivity index (χ0) is 17.9. The van der Waals surface area contributed by atoms with Gasteiger partial charge in [-0.1, -0.05) is 37.3 Å². The Bertz CT molecular complexity index is 737. The molecule has 0 bridgehead atoms. The second kappa shape index (κ2) is 8.67. The van der Waals surface area contributed by atoms with E-state index in [0.717, 1.165) is 31.7 Å². The van der Waals surface area contributed by atoms with Gasteiger partial charge in [-0.2, -0.15) is 0 Å². The van der Waals surface area contributed by atoms with E-state index in [1.807, 2.05) is 42.5 Å². The van der Waals surface area contributed by atoms with Gasteiger partial charge in [0.05, 0.1) is 0 Å². The molecule has 26 heavy (non-hydrogen) atoms. The fourth-order valence-corrected chi connectivity index (χ4v) is 3.44. The Hall–Kier alpha value is -1.88. The molecule has 1 saturated heterocycles. The minimum Gasteiger partial charge on any atom is -0.330 e. The molecule has 2 atom stereocenters. The highest BCUT2D eigenvalue weighted by atomic mass is 35.5. The number of carbonyl (C=O) groups excluding carboxylic acids is 1. The Morgan fingerprint density at radius 3 is 2.62 bits per heavy atom. The van der Waals surface area contributed by atoms with E-state index < -0.39 is 0 Å². The van der Waals surface area contributed by atoms with Crippen molar-refractivity contribution < 1.29 is 4.79 Å². The van der Waals surface area contributed by atoms with Gasteiger partial charge in [-0.25, -0.2) is 0 Å². The summed E-state index contributed by atoms with van der Waals surface area (Å²) in [6.07, 6.45) is 1.14. The van der Waals surface area contributed by atoms with Crippen LogP contribution in [0.3, 0.4) is 0 Å². The number of nitrogens with two attached hydrogens (primary N) is 1. The fraction of sp³-hybridized carbons (Fsp3) is 0.381. The number of carbonyl (C=O) groups is 1. The second-order valence-corrected chi connectivity index (χ2v) is 7.36. The largest absolute Gasteiger partial charge is 0.330 e. The molecule has 4 nitrogen and oxygen atoms in total. The number of hydrogen-bond donors (Lipinski definition) is 2. The lowest BCUT2D eigenvalue weighted by Crippen LogP contribution is -2.32. The molecule has 0 aromatic heterocycles. The molecule has 3 rings (SSSR count). The van der Waals surface area contributed by atoms with Crippen molar-refractivity contribution in [2.24, 2.45) is 11.1 Å². The van der Waals surface area contributed by atoms with Gasteiger partial charge in [0.1, 0.15) is 0 Å². The van der Waals surface area contributed by atoms with Crippen molar-refractivity contribution in [3.05, 3.63) is 65.7 Å². The first kappa shape index (κ1) is 20.4. The summed E-state index contributed by atoms with van der Waals surface area (Å²) >= 11 is 0. The molecule has 2 aromatic carbocycles. The van der Waals surface area contributed by atoms with Crippen LogP contribution in [-0.4, -0.2) is 30.4 Å². The topological polar surface area (TPSA) is 58.4 Å². The number of nitrogens with one attached hydrogen (secondary N) is 1. The molecule has 140 valence electrons. The average molecular weight is 374 g/mol. The highest BCUT2D eigenvalue weighted by Gasteiger charge is 2.34. The zero-order valence-electron chi connectivity index (χ0n) is 15.4. The van der Waals surface area contributed by atoms with E-state index in [0.29, 0.717) is 11.6 Å². The van der Waals surface area contributed by atoms with Crippen molar-refractivity contribution in [2.45, 2.75) is 26.3 Å². The highest BCUT2D eigenvalue weighted by Crippen LogP contribution is 2.34. The summed E-state index contributed by atoms with van der Waals surface area (Å²) in [6, 6.07) is 17.7. The maximum absolute atomic E-state index is 12.3. The molecule has 1 fully saturated rings. The van der Waals surface area contributed by atoms with Crippen LogP contribution in [0.25, 0.3) is 0 Å². The first-order valence-electron chi connectivity index (χ1n) is 8.91. The van der Waals surface area contributed by atoms with Gasteiger partial charge >= 0.3 is 0 Å². The molecule has 3 N–H and O–H groups in total. The van der Waals surface area contributed by atoms with Gasteiger partial charge < -0.3 is 11.1 Å². The molecule has 5 heteroatoms. The third-order valence-electron chi connectivity index (χ3n) is 5.29. The molecule has 1 aliphatic rings. The van der Waals surface area contributed by atoms with E-state index in [1.165, 1.54) is 5.56 Å². The summed E-state index contributed by atoms with van der Waals surface area (Å²) in [5.74, 6) is -0.0812. The molecule has 2 aromatic rings. The van der Waals surface area contributed by atoms with E-state index >= 15 is 0 Å². The number of likely N-dealkylation sites (tertiary alicyclic amines) is 1. The van der Waals surface area contributed by atoms with Crippen LogP contribution in [0.2, 0.25) is 0 Å². The minimum atomic E-state index is -0.0812. The Morgan fingerprint density at radius 1 is 1.23 bits per heavy atom. The number of benzene rings is 2. The molecule has 2 unspecified atom stereocenters. The SMILES string of the molecule is CC(c1cccc(NC(=O)c2ccccc2)c1)N1CCC(C)(CN)C1.Cl. The molecule has 1 aliphatic heterocycles. The van der Waals surface area contributed by atoms with E-state index in [2.05, 4.69) is 36.2 Å². The summed E-state index contributed by atoms with van der Waals surface area (Å²) < 4.78 is 0. The quantitative estimate of drug-likeness (QED) is 0.829. The number of amides is 1. The predicted molar refractivity (Wildman–Crippen MR) is 110 cm³/mol. The van der Waals surface area contributed by atoms with Crippen molar-refractivity contribution in [1.29, 1.82) is 0 Å². The number of hydrogen-bond acceptors (Lipinski definition) is 3. The summed E-state index contributed by atoms with van der Waals surface area (Å²) in [7, 11) is 0. The van der Waals surface area contributed by atoms with Crippen LogP contribution in [0, 0.1) is 5.41 Å². The molecule has 0 radical (unpaired) electrons. The van der Waals surface area contributed by atoms with Gasteiger partial charge in [0.2, 0.25) is 0 Å². The van der Waals surface area contributed by atoms with Crippen LogP contribution in [-0.2, 0) is 0 Å². The lowest BCUT2D eigenvalue weighted by Gasteiger charge is -2.28. The molecule has 1 amide bonds. The van der Waals surface area contributed by atoms with Gasteiger partial charge in [0, 0.05) is 23.8 Å². The van der Waals surface area contributed by atoms with Crippen molar-refractivity contribution >= 4 is 24.0 Å². The zero-order valence-corrected chi connectivity index (χ0v) is 16.3. The van der Waals surface area contributed by atoms with Crippen molar-refractivity contribution in [3.8, 4) is 0 Å². The molecule has 0 spiro atoms. The third kappa shape index (κ3) is 4.64. The van der Waals surface area contributed by atoms with Crippen molar-refractivity contribution in [2.75, 3.05) is 25.0 Å². The van der Waals surface area contributed by atoms with E-state index in [1.54, 1.807) is 0 Å². The van der Waals surface area contributed by atoms with Crippen LogP contribution >= 0.6 is 12.4 Å². The number of nitrogens with zero attached hydrogens (tertiary/aromatic N) is 1. The van der Waals surface area contributed by atoms with E-state index in [4.69, 9.17) is 5.73 Å². The first-order chi connectivity index (χ1) is 12.0. The number of halogens is 1. The lowest BCUT2D eigenvalue weighted by molar-refractivity contribution is 0.102. The van der Waals surface area contributed by atoms with Gasteiger partial charge in [-0.05, 0) is 61.7 Å². The minimum absolute atomic E-state index is 0. The summed E-state index contributed by atoms with van der Waals surface area (Å²) in [6.45, 7) is 7.29. The van der Waals surface area contributed by atoms with Gasteiger partial charge in [-0.3, -0.25) is 9.69 Å². The number of anilines is 1. The lowest BCUT2D eigenvalue weighted by atomic mass is 9.90. The van der Waals surface area contributed by atoms with E-state index in [-0.39, 0.29) is 23.7 Å². The molecular weight excluding hydrogens is 346 g/mol. The second-order valence-electron chi connectivity index (χ2n) is 7.36. The Kier molecular flexibility index (Phi) is 6.81. The summed E-state index contributed by atoms with van der Waals surface area (Å²) in [5.41, 5.74) is 8.86. The molecule has 0 saturated carbocycles. The third-order valence-corrected chi connectivity index (χ3v) is 5.29. The van der Waals surface area contributed by atoms with Gasteiger partial charge in [-0.15, -0.1) is 12.4 Å². The van der Waals surface area contributed by atoms with Crippen LogP contribution in [0.1, 0.15) is 42.2 Å². The van der Waals surface area contributed by atoms with Gasteiger partial charge in [0.25, 0.3) is 5.91 Å². The van der Waals surface area contributed by atoms with Gasteiger partial charge in [0.15, 0.2) is 0 Å². The Morgan fingerprint density at radius 2 is 1.96 bits per heavy atom. The Balaban J connectivity index is 0.00000243. The van der Waals surface area contributed by atoms with Crippen LogP contribution in [0.4, 0.5) is 5.69 Å². The fourth-order valence-electron chi connectivity index (χ4n) is 3.44. The maximum Gasteiger partial charge on any atom is 0.255 e. The average Bonchev–Trinajstić information content (AvgIpc) is 3.05. The normalized spacial score (nSPS) is 21.0. The number of rotatable bonds is 5. The molecule has 0 aliphatic carbocycles. The van der Waals surface area contributed by atoms with Crippen molar-refractivity contribution in [3.63, 3.8) is 0 Å². The van der Waals surface area contributed by atoms with Crippen LogP contribution in [0.5, 0.6) is 0 Å². The first-order valence-corrected chi connectivity index (χ1v) is 8.91.